The Kier molecular flexibility index (Phi) is 5.33. The molecule has 1 fully saturated rings. The number of carbonyl (C=O) groups is 1. The van der Waals surface area contributed by atoms with Crippen LogP contribution in [0, 0.1) is 11.8 Å². The summed E-state index contributed by atoms with van der Waals surface area (Å²) in [4.78, 5) is 12.0. The molecule has 0 N–H and O–H groups in total. The van der Waals surface area contributed by atoms with E-state index in [9.17, 15) is 4.79 Å². The first kappa shape index (κ1) is 18.3. The molecule has 0 bridgehead atoms. The average Bonchev–Trinajstić information content (AvgIpc) is 2.68. The lowest BCUT2D eigenvalue weighted by Crippen LogP contribution is -2.30. The van der Waals surface area contributed by atoms with Crippen LogP contribution in [0.1, 0.15) is 63.5 Å². The van der Waals surface area contributed by atoms with Crippen molar-refractivity contribution >= 4 is 22.8 Å². The first-order valence-electron chi connectivity index (χ1n) is 10.6. The number of rotatable bonds is 5. The normalized spacial score (nSPS) is 22.5. The van der Waals surface area contributed by atoms with Crippen LogP contribution in [-0.2, 0) is 16.0 Å². The maximum Gasteiger partial charge on any atom is 0.306 e. The van der Waals surface area contributed by atoms with Gasteiger partial charge in [0.05, 0.1) is 0 Å². The third kappa shape index (κ3) is 3.95. The molecule has 2 aliphatic rings. The molecule has 2 heteroatoms. The quantitative estimate of drug-likeness (QED) is 0.582. The molecule has 4 rings (SSSR count). The van der Waals surface area contributed by atoms with Crippen LogP contribution >= 0.6 is 0 Å². The van der Waals surface area contributed by atoms with E-state index in [0.29, 0.717) is 18.3 Å². The van der Waals surface area contributed by atoms with E-state index in [2.05, 4.69) is 56.3 Å². The highest BCUT2D eigenvalue weighted by Crippen LogP contribution is 2.42. The molecule has 2 aromatic carbocycles. The van der Waals surface area contributed by atoms with E-state index in [1.165, 1.54) is 28.3 Å². The van der Waals surface area contributed by atoms with Gasteiger partial charge in [-0.2, -0.15) is 0 Å². The topological polar surface area (TPSA) is 26.3 Å². The molecule has 0 amide bonds. The van der Waals surface area contributed by atoms with Gasteiger partial charge in [-0.25, -0.2) is 0 Å². The van der Waals surface area contributed by atoms with Crippen molar-refractivity contribution in [3.05, 3.63) is 53.1 Å². The van der Waals surface area contributed by atoms with Crippen LogP contribution in [0.3, 0.4) is 0 Å². The van der Waals surface area contributed by atoms with Crippen LogP contribution in [0.5, 0.6) is 0 Å². The van der Waals surface area contributed by atoms with Gasteiger partial charge in [0.1, 0.15) is 6.10 Å². The fraction of sp³-hybridized carbons (Fsp3) is 0.480. The number of hydrogen-bond donors (Lipinski definition) is 0. The maximum absolute atomic E-state index is 12.0. The van der Waals surface area contributed by atoms with Crippen molar-refractivity contribution in [2.24, 2.45) is 11.8 Å². The third-order valence-corrected chi connectivity index (χ3v) is 6.44. The number of unbranched alkanes of at least 4 members (excludes halogenated alkanes) is 1. The minimum absolute atomic E-state index is 0.0224. The molecular weight excluding hydrogens is 332 g/mol. The summed E-state index contributed by atoms with van der Waals surface area (Å²) in [6.45, 7) is 4.19. The zero-order valence-corrected chi connectivity index (χ0v) is 16.5. The Bertz CT molecular complexity index is 864. The van der Waals surface area contributed by atoms with Gasteiger partial charge in [0, 0.05) is 6.42 Å². The highest BCUT2D eigenvalue weighted by Gasteiger charge is 2.32. The summed E-state index contributed by atoms with van der Waals surface area (Å²) in [6.07, 6.45) is 9.56. The molecule has 2 aliphatic carbocycles. The first-order valence-corrected chi connectivity index (χ1v) is 10.6. The lowest BCUT2D eigenvalue weighted by atomic mass is 9.70. The average molecular weight is 363 g/mol. The van der Waals surface area contributed by atoms with Crippen molar-refractivity contribution in [2.45, 2.75) is 64.9 Å². The Morgan fingerprint density at radius 1 is 1.15 bits per heavy atom. The number of hydrogen-bond acceptors (Lipinski definition) is 2. The molecule has 2 nitrogen and oxygen atoms in total. The summed E-state index contributed by atoms with van der Waals surface area (Å²) < 4.78 is 5.73. The number of esters is 1. The molecule has 27 heavy (non-hydrogen) atoms. The molecule has 0 saturated heterocycles. The van der Waals surface area contributed by atoms with Gasteiger partial charge < -0.3 is 4.74 Å². The summed E-state index contributed by atoms with van der Waals surface area (Å²) in [5.74, 6) is 1.10. The Hall–Kier alpha value is -2.09. The van der Waals surface area contributed by atoms with E-state index < -0.39 is 0 Å². The van der Waals surface area contributed by atoms with Crippen LogP contribution < -0.4 is 0 Å². The Morgan fingerprint density at radius 3 is 2.70 bits per heavy atom. The lowest BCUT2D eigenvalue weighted by molar-refractivity contribution is -0.151. The van der Waals surface area contributed by atoms with E-state index in [0.717, 1.165) is 32.1 Å². The van der Waals surface area contributed by atoms with Gasteiger partial charge in [-0.3, -0.25) is 4.79 Å². The standard InChI is InChI=1S/C25H30O2/c1-3-4-9-25(26)27-17(2)18-10-11-21-15-23-13-19-7-5-6-8-20(19)14-24(23)16-22(21)12-18/h5-8,13-14,16-18,21H,3-4,9-12,15H2,1-2H3. The van der Waals surface area contributed by atoms with Crippen molar-refractivity contribution in [1.82, 2.24) is 0 Å². The summed E-state index contributed by atoms with van der Waals surface area (Å²) >= 11 is 0. The van der Waals surface area contributed by atoms with Gasteiger partial charge in [-0.05, 0) is 78.8 Å². The fourth-order valence-electron chi connectivity index (χ4n) is 4.75. The second-order valence-corrected chi connectivity index (χ2v) is 8.36. The smallest absolute Gasteiger partial charge is 0.306 e. The minimum Gasteiger partial charge on any atom is -0.462 e. The number of allylic oxidation sites excluding steroid dienone is 1. The van der Waals surface area contributed by atoms with Crippen LogP contribution in [0.2, 0.25) is 0 Å². The van der Waals surface area contributed by atoms with Crippen molar-refractivity contribution in [1.29, 1.82) is 0 Å². The van der Waals surface area contributed by atoms with Crippen molar-refractivity contribution in [2.75, 3.05) is 0 Å². The maximum atomic E-state index is 12.0. The third-order valence-electron chi connectivity index (χ3n) is 6.44. The van der Waals surface area contributed by atoms with Crippen molar-refractivity contribution in [3.63, 3.8) is 0 Å². The molecule has 0 heterocycles. The highest BCUT2D eigenvalue weighted by atomic mass is 16.5. The van der Waals surface area contributed by atoms with Gasteiger partial charge in [-0.1, -0.05) is 55.3 Å². The number of fused-ring (bicyclic) bond motifs is 3. The summed E-state index contributed by atoms with van der Waals surface area (Å²) in [7, 11) is 0. The molecular formula is C25H30O2. The van der Waals surface area contributed by atoms with Crippen LogP contribution in [0.25, 0.3) is 16.8 Å². The predicted octanol–water partition coefficient (Wildman–Crippen LogP) is 6.32. The molecule has 3 atom stereocenters. The predicted molar refractivity (Wildman–Crippen MR) is 112 cm³/mol. The zero-order chi connectivity index (χ0) is 18.8. The molecule has 142 valence electrons. The summed E-state index contributed by atoms with van der Waals surface area (Å²) in [5, 5.41) is 2.66. The molecule has 0 aromatic heterocycles. The largest absolute Gasteiger partial charge is 0.462 e. The van der Waals surface area contributed by atoms with Gasteiger partial charge in [0.2, 0.25) is 0 Å². The van der Waals surface area contributed by atoms with Crippen LogP contribution in [-0.4, -0.2) is 12.1 Å². The molecule has 0 radical (unpaired) electrons. The zero-order valence-electron chi connectivity index (χ0n) is 16.5. The van der Waals surface area contributed by atoms with Crippen LogP contribution in [0.4, 0.5) is 0 Å². The second-order valence-electron chi connectivity index (χ2n) is 8.36. The van der Waals surface area contributed by atoms with Crippen LogP contribution in [0.15, 0.2) is 42.0 Å². The van der Waals surface area contributed by atoms with Crippen molar-refractivity contribution in [3.8, 4) is 0 Å². The molecule has 3 unspecified atom stereocenters. The van der Waals surface area contributed by atoms with Crippen molar-refractivity contribution < 1.29 is 9.53 Å². The first-order chi connectivity index (χ1) is 13.1. The molecule has 0 spiro atoms. The Labute approximate surface area is 162 Å². The number of carbonyl (C=O) groups excluding carboxylic acids is 1. The number of benzene rings is 2. The van der Waals surface area contributed by atoms with E-state index in [1.807, 2.05) is 0 Å². The van der Waals surface area contributed by atoms with Gasteiger partial charge >= 0.3 is 5.97 Å². The highest BCUT2D eigenvalue weighted by molar-refractivity contribution is 5.86. The van der Waals surface area contributed by atoms with Gasteiger partial charge in [0.25, 0.3) is 0 Å². The van der Waals surface area contributed by atoms with E-state index in [-0.39, 0.29) is 12.1 Å². The summed E-state index contributed by atoms with van der Waals surface area (Å²) in [6, 6.07) is 13.3. The lowest BCUT2D eigenvalue weighted by Gasteiger charge is -2.36. The summed E-state index contributed by atoms with van der Waals surface area (Å²) in [5.41, 5.74) is 4.43. The minimum atomic E-state index is -0.0269. The Morgan fingerprint density at radius 2 is 1.93 bits per heavy atom. The Balaban J connectivity index is 1.49. The van der Waals surface area contributed by atoms with Gasteiger partial charge in [-0.15, -0.1) is 0 Å². The molecule has 2 aromatic rings. The SMILES string of the molecule is CCCCC(=O)OC(C)C1CCC2Cc3cc4ccccc4cc3C=C2C1. The van der Waals surface area contributed by atoms with E-state index >= 15 is 0 Å². The molecule has 1 saturated carbocycles. The fourth-order valence-corrected chi connectivity index (χ4v) is 4.75. The number of ether oxygens (including phenoxy) is 1. The van der Waals surface area contributed by atoms with E-state index in [1.54, 1.807) is 5.57 Å². The van der Waals surface area contributed by atoms with Gasteiger partial charge in [0.15, 0.2) is 0 Å². The monoisotopic (exact) mass is 362 g/mol. The van der Waals surface area contributed by atoms with E-state index in [4.69, 9.17) is 4.74 Å². The second kappa shape index (κ2) is 7.88. The molecule has 0 aliphatic heterocycles.